The summed E-state index contributed by atoms with van der Waals surface area (Å²) < 4.78 is 6.68. The molecule has 0 heterocycles. The molecule has 0 saturated carbocycles. The van der Waals surface area contributed by atoms with Crippen LogP contribution in [0.15, 0.2) is 89.4 Å². The van der Waals surface area contributed by atoms with Crippen LogP contribution in [0.1, 0.15) is 25.5 Å². The van der Waals surface area contributed by atoms with Crippen molar-refractivity contribution in [1.82, 2.24) is 0 Å². The normalized spacial score (nSPS) is 12.2. The quantitative estimate of drug-likeness (QED) is 0.216. The van der Waals surface area contributed by atoms with Gasteiger partial charge in [-0.05, 0) is 60.2 Å². The van der Waals surface area contributed by atoms with Crippen molar-refractivity contribution in [3.05, 3.63) is 95.0 Å². The first-order chi connectivity index (χ1) is 16.1. The molecule has 1 atom stereocenters. The van der Waals surface area contributed by atoms with Gasteiger partial charge in [-0.25, -0.2) is 4.79 Å². The summed E-state index contributed by atoms with van der Waals surface area (Å²) in [6.07, 6.45) is 1.65. The number of nitrogens with one attached hydrogen (secondary N) is 2. The number of ether oxygens (including phenoxy) is 1. The van der Waals surface area contributed by atoms with E-state index in [9.17, 15) is 14.7 Å². The third-order valence-corrected chi connectivity index (χ3v) is 5.60. The van der Waals surface area contributed by atoms with Gasteiger partial charge < -0.3 is 20.9 Å². The lowest BCUT2D eigenvalue weighted by Crippen LogP contribution is -2.28. The van der Waals surface area contributed by atoms with Crippen LogP contribution in [0.2, 0.25) is 0 Å². The summed E-state index contributed by atoms with van der Waals surface area (Å²) in [5.41, 5.74) is 7.30. The van der Waals surface area contributed by atoms with Crippen LogP contribution in [0.4, 0.5) is 21.9 Å². The van der Waals surface area contributed by atoms with E-state index in [-0.39, 0.29) is 11.7 Å². The van der Waals surface area contributed by atoms with E-state index in [1.54, 1.807) is 66.7 Å². The predicted octanol–water partition coefficient (Wildman–Crippen LogP) is 6.25. The van der Waals surface area contributed by atoms with Gasteiger partial charge in [0.2, 0.25) is 5.91 Å². The summed E-state index contributed by atoms with van der Waals surface area (Å²) in [6.45, 7) is 3.69. The molecule has 0 fully saturated rings. The molecule has 3 aromatic rings. The largest absolute Gasteiger partial charge is 0.508 e. The van der Waals surface area contributed by atoms with Gasteiger partial charge in [-0.1, -0.05) is 60.1 Å². The fourth-order valence-electron chi connectivity index (χ4n) is 3.25. The maximum atomic E-state index is 12.7. The highest BCUT2D eigenvalue weighted by Gasteiger charge is 2.32. The van der Waals surface area contributed by atoms with E-state index in [0.717, 1.165) is 4.47 Å². The molecular weight excluding hydrogens is 498 g/mol. The Morgan fingerprint density at radius 3 is 2.29 bits per heavy atom. The Morgan fingerprint density at radius 2 is 1.65 bits per heavy atom. The van der Waals surface area contributed by atoms with Gasteiger partial charge in [0, 0.05) is 15.6 Å². The molecule has 5 N–H and O–H groups in total. The van der Waals surface area contributed by atoms with Crippen LogP contribution in [0.5, 0.6) is 5.75 Å². The Morgan fingerprint density at radius 1 is 1.00 bits per heavy atom. The van der Waals surface area contributed by atoms with Crippen molar-refractivity contribution in [2.45, 2.75) is 20.0 Å². The number of hydrogen-bond donors (Lipinski definition) is 4. The average Bonchev–Trinajstić information content (AvgIpc) is 2.80. The number of phenols is 1. The summed E-state index contributed by atoms with van der Waals surface area (Å²) in [5.74, 6) is -0.273. The summed E-state index contributed by atoms with van der Waals surface area (Å²) in [6, 6.07) is 20.4. The topological polar surface area (TPSA) is 114 Å². The van der Waals surface area contributed by atoms with Gasteiger partial charge in [0.05, 0.1) is 11.4 Å². The number of anilines is 3. The molecule has 176 valence electrons. The summed E-state index contributed by atoms with van der Waals surface area (Å²) in [4.78, 5) is 25.2. The van der Waals surface area contributed by atoms with Crippen LogP contribution < -0.4 is 16.4 Å². The minimum absolute atomic E-state index is 0.0926. The third kappa shape index (κ3) is 6.86. The molecule has 0 aliphatic heterocycles. The lowest BCUT2D eigenvalue weighted by atomic mass is 9.82. The number of aromatic hydroxyl groups is 1. The Kier molecular flexibility index (Phi) is 7.96. The second-order valence-corrected chi connectivity index (χ2v) is 9.16. The molecule has 0 aliphatic carbocycles. The molecule has 2 amide bonds. The van der Waals surface area contributed by atoms with Crippen molar-refractivity contribution < 1.29 is 19.4 Å². The molecule has 0 aromatic heterocycles. The number of rotatable bonds is 7. The number of amides is 2. The zero-order chi connectivity index (χ0) is 24.7. The molecule has 3 rings (SSSR count). The first-order valence-corrected chi connectivity index (χ1v) is 11.3. The van der Waals surface area contributed by atoms with Gasteiger partial charge in [-0.2, -0.15) is 0 Å². The first-order valence-electron chi connectivity index (χ1n) is 10.5. The van der Waals surface area contributed by atoms with Gasteiger partial charge in [-0.15, -0.1) is 0 Å². The second-order valence-electron chi connectivity index (χ2n) is 8.24. The summed E-state index contributed by atoms with van der Waals surface area (Å²) in [5, 5.41) is 15.1. The minimum atomic E-state index is -0.784. The zero-order valence-corrected chi connectivity index (χ0v) is 20.4. The predicted molar refractivity (Wildman–Crippen MR) is 137 cm³/mol. The monoisotopic (exact) mass is 523 g/mol. The highest BCUT2D eigenvalue weighted by Crippen LogP contribution is 2.39. The maximum Gasteiger partial charge on any atom is 0.412 e. The second kappa shape index (κ2) is 10.9. The van der Waals surface area contributed by atoms with Crippen LogP contribution in [0, 0.1) is 5.41 Å². The number of benzene rings is 3. The van der Waals surface area contributed by atoms with Crippen LogP contribution in [-0.2, 0) is 9.53 Å². The molecule has 3 aromatic carbocycles. The number of para-hydroxylation sites is 2. The SMILES string of the molecule is CC(C)(/C=C/C(=O)Nc1ccccc1N)[C@@H](OC(=O)Nc1ccc(Br)cc1)c1ccc(O)cc1. The number of carbonyl (C=O) groups excluding carboxylic acids is 2. The van der Waals surface area contributed by atoms with Crippen LogP contribution in [0.25, 0.3) is 0 Å². The standard InChI is InChI=1S/C26H26BrN3O4/c1-26(2,16-15-23(32)30-22-6-4-3-5-21(22)28)24(17-7-13-20(31)14-8-17)34-25(33)29-19-11-9-18(27)10-12-19/h3-16,24,31H,28H2,1-2H3,(H,29,33)(H,30,32)/b16-15+/t24-/m0/s1. The van der Waals surface area contributed by atoms with E-state index >= 15 is 0 Å². The molecule has 0 aliphatic rings. The van der Waals surface area contributed by atoms with Crippen molar-refractivity contribution in [1.29, 1.82) is 0 Å². The van der Waals surface area contributed by atoms with Crippen LogP contribution in [-0.4, -0.2) is 17.1 Å². The smallest absolute Gasteiger partial charge is 0.412 e. The van der Waals surface area contributed by atoms with E-state index in [1.807, 2.05) is 13.8 Å². The van der Waals surface area contributed by atoms with E-state index in [4.69, 9.17) is 10.5 Å². The van der Waals surface area contributed by atoms with E-state index in [2.05, 4.69) is 26.6 Å². The van der Waals surface area contributed by atoms with Crippen molar-refractivity contribution in [3.63, 3.8) is 0 Å². The molecule has 8 heteroatoms. The molecular formula is C26H26BrN3O4. The number of hydrogen-bond acceptors (Lipinski definition) is 5. The van der Waals surface area contributed by atoms with Crippen LogP contribution >= 0.6 is 15.9 Å². The molecule has 0 bridgehead atoms. The fraction of sp³-hybridized carbons (Fsp3) is 0.154. The molecule has 0 unspecified atom stereocenters. The average molecular weight is 524 g/mol. The third-order valence-electron chi connectivity index (χ3n) is 5.07. The van der Waals surface area contributed by atoms with Gasteiger partial charge in [0.25, 0.3) is 0 Å². The highest BCUT2D eigenvalue weighted by molar-refractivity contribution is 9.10. The van der Waals surface area contributed by atoms with Gasteiger partial charge in [0.1, 0.15) is 11.9 Å². The fourth-order valence-corrected chi connectivity index (χ4v) is 3.51. The lowest BCUT2D eigenvalue weighted by molar-refractivity contribution is -0.112. The zero-order valence-electron chi connectivity index (χ0n) is 18.8. The number of carbonyl (C=O) groups is 2. The lowest BCUT2D eigenvalue weighted by Gasteiger charge is -2.31. The number of nitrogen functional groups attached to an aromatic ring is 1. The Hall–Kier alpha value is -3.78. The minimum Gasteiger partial charge on any atom is -0.508 e. The van der Waals surface area contributed by atoms with Crippen molar-refractivity contribution in [3.8, 4) is 5.75 Å². The van der Waals surface area contributed by atoms with Crippen molar-refractivity contribution >= 4 is 45.0 Å². The van der Waals surface area contributed by atoms with Crippen LogP contribution in [0.3, 0.4) is 0 Å². The Labute approximate surface area is 206 Å². The Bertz CT molecular complexity index is 1180. The van der Waals surface area contributed by atoms with Crippen molar-refractivity contribution in [2.24, 2.45) is 5.41 Å². The summed E-state index contributed by atoms with van der Waals surface area (Å²) in [7, 11) is 0. The van der Waals surface area contributed by atoms with Crippen molar-refractivity contribution in [2.75, 3.05) is 16.4 Å². The number of nitrogens with two attached hydrogens (primary N) is 1. The molecule has 0 saturated heterocycles. The molecule has 0 spiro atoms. The van der Waals surface area contributed by atoms with E-state index < -0.39 is 17.6 Å². The maximum absolute atomic E-state index is 12.7. The first kappa shape index (κ1) is 24.9. The van der Waals surface area contributed by atoms with Gasteiger partial charge in [0.15, 0.2) is 0 Å². The highest BCUT2D eigenvalue weighted by atomic mass is 79.9. The summed E-state index contributed by atoms with van der Waals surface area (Å²) >= 11 is 3.36. The van der Waals surface area contributed by atoms with Gasteiger partial charge in [-0.3, -0.25) is 10.1 Å². The van der Waals surface area contributed by atoms with E-state index in [0.29, 0.717) is 22.6 Å². The number of phenolic OH excluding ortho intramolecular Hbond substituents is 1. The molecule has 0 radical (unpaired) electrons. The molecule has 7 nitrogen and oxygen atoms in total. The van der Waals surface area contributed by atoms with Gasteiger partial charge >= 0.3 is 6.09 Å². The van der Waals surface area contributed by atoms with E-state index in [1.165, 1.54) is 18.2 Å². The number of halogens is 1. The molecule has 34 heavy (non-hydrogen) atoms. The Balaban J connectivity index is 1.79.